The molecule has 1 aromatic heterocycles. The van der Waals surface area contributed by atoms with Gasteiger partial charge in [-0.15, -0.1) is 11.3 Å². The number of carbonyl (C=O) groups is 2. The van der Waals surface area contributed by atoms with Gasteiger partial charge in [0.1, 0.15) is 9.96 Å². The summed E-state index contributed by atoms with van der Waals surface area (Å²) in [5.41, 5.74) is 0.356. The standard InChI is InChI=1S/C19H21NO6S2/c1-25-17-6-3-2-5-15(17)16(21)13-26-19(22)14-8-10-20(11-9-14)28(23,24)18-7-4-12-27-18/h2-7,12,14H,8-11,13H2,1H3. The lowest BCUT2D eigenvalue weighted by atomic mass is 9.98. The number of methoxy groups -OCH3 is 1. The molecule has 0 bridgehead atoms. The van der Waals surface area contributed by atoms with Crippen LogP contribution in [0.15, 0.2) is 46.0 Å². The highest BCUT2D eigenvalue weighted by atomic mass is 32.2. The number of benzene rings is 1. The van der Waals surface area contributed by atoms with Gasteiger partial charge in [-0.05, 0) is 36.4 Å². The normalized spacial score (nSPS) is 15.9. The third kappa shape index (κ3) is 4.43. The van der Waals surface area contributed by atoms with Gasteiger partial charge in [0.25, 0.3) is 10.0 Å². The summed E-state index contributed by atoms with van der Waals surface area (Å²) in [6.07, 6.45) is 0.735. The van der Waals surface area contributed by atoms with E-state index in [1.807, 2.05) is 0 Å². The number of rotatable bonds is 7. The SMILES string of the molecule is COc1ccccc1C(=O)COC(=O)C1CCN(S(=O)(=O)c2cccs2)CC1. The molecule has 1 aliphatic rings. The first kappa shape index (κ1) is 20.5. The van der Waals surface area contributed by atoms with Gasteiger partial charge in [-0.25, -0.2) is 8.42 Å². The van der Waals surface area contributed by atoms with Crippen LogP contribution < -0.4 is 4.74 Å². The number of thiophene rings is 1. The third-order valence-electron chi connectivity index (χ3n) is 4.63. The van der Waals surface area contributed by atoms with Crippen LogP contribution in [0.1, 0.15) is 23.2 Å². The molecule has 7 nitrogen and oxygen atoms in total. The fourth-order valence-electron chi connectivity index (χ4n) is 3.08. The van der Waals surface area contributed by atoms with Crippen molar-refractivity contribution in [1.82, 2.24) is 4.31 Å². The van der Waals surface area contributed by atoms with Crippen LogP contribution in [0.4, 0.5) is 0 Å². The Labute approximate surface area is 167 Å². The van der Waals surface area contributed by atoms with Crippen LogP contribution in [-0.4, -0.2) is 51.3 Å². The topological polar surface area (TPSA) is 90.0 Å². The van der Waals surface area contributed by atoms with Crippen LogP contribution >= 0.6 is 11.3 Å². The van der Waals surface area contributed by atoms with Crippen LogP contribution in [-0.2, 0) is 19.6 Å². The van der Waals surface area contributed by atoms with Gasteiger partial charge in [0.05, 0.1) is 18.6 Å². The van der Waals surface area contributed by atoms with Gasteiger partial charge in [-0.3, -0.25) is 9.59 Å². The van der Waals surface area contributed by atoms with E-state index in [4.69, 9.17) is 9.47 Å². The Hall–Kier alpha value is -2.23. The van der Waals surface area contributed by atoms with Crippen molar-refractivity contribution < 1.29 is 27.5 Å². The van der Waals surface area contributed by atoms with Crippen molar-refractivity contribution in [2.75, 3.05) is 26.8 Å². The number of esters is 1. The molecule has 1 saturated heterocycles. The lowest BCUT2D eigenvalue weighted by Gasteiger charge is -2.29. The number of piperidine rings is 1. The van der Waals surface area contributed by atoms with E-state index in [1.54, 1.807) is 41.8 Å². The smallest absolute Gasteiger partial charge is 0.309 e. The van der Waals surface area contributed by atoms with Gasteiger partial charge < -0.3 is 9.47 Å². The van der Waals surface area contributed by atoms with Crippen molar-refractivity contribution in [3.05, 3.63) is 47.3 Å². The van der Waals surface area contributed by atoms with Gasteiger partial charge in [0.15, 0.2) is 6.61 Å². The summed E-state index contributed by atoms with van der Waals surface area (Å²) in [5, 5.41) is 1.72. The second kappa shape index (κ2) is 8.85. The second-order valence-corrected chi connectivity index (χ2v) is 9.45. The Morgan fingerprint density at radius 1 is 1.14 bits per heavy atom. The molecule has 0 N–H and O–H groups in total. The molecular weight excluding hydrogens is 402 g/mol. The number of carbonyl (C=O) groups excluding carboxylic acids is 2. The lowest BCUT2D eigenvalue weighted by molar-refractivity contribution is -0.148. The molecule has 0 saturated carbocycles. The molecule has 0 atom stereocenters. The van der Waals surface area contributed by atoms with Gasteiger partial charge in [-0.1, -0.05) is 18.2 Å². The summed E-state index contributed by atoms with van der Waals surface area (Å²) in [4.78, 5) is 24.6. The maximum Gasteiger partial charge on any atom is 0.309 e. The van der Waals surface area contributed by atoms with E-state index in [0.29, 0.717) is 28.4 Å². The summed E-state index contributed by atoms with van der Waals surface area (Å²) in [5.74, 6) is -0.809. The van der Waals surface area contributed by atoms with Gasteiger partial charge in [-0.2, -0.15) is 4.31 Å². The van der Waals surface area contributed by atoms with E-state index < -0.39 is 21.9 Å². The minimum absolute atomic E-state index is 0.250. The molecule has 28 heavy (non-hydrogen) atoms. The molecule has 1 fully saturated rings. The van der Waals surface area contributed by atoms with Crippen LogP contribution in [0.5, 0.6) is 5.75 Å². The fourth-order valence-corrected chi connectivity index (χ4v) is 5.69. The van der Waals surface area contributed by atoms with E-state index in [0.717, 1.165) is 0 Å². The number of ether oxygens (including phenoxy) is 2. The first-order valence-electron chi connectivity index (χ1n) is 8.80. The van der Waals surface area contributed by atoms with Crippen LogP contribution in [0, 0.1) is 5.92 Å². The summed E-state index contributed by atoms with van der Waals surface area (Å²) >= 11 is 1.17. The average Bonchev–Trinajstić information content (AvgIpc) is 3.27. The molecule has 0 radical (unpaired) electrons. The first-order valence-corrected chi connectivity index (χ1v) is 11.1. The Morgan fingerprint density at radius 2 is 1.86 bits per heavy atom. The summed E-state index contributed by atoms with van der Waals surface area (Å²) < 4.78 is 37.1. The predicted octanol–water partition coefficient (Wildman–Crippen LogP) is 2.58. The summed E-state index contributed by atoms with van der Waals surface area (Å²) in [6.45, 7) is 0.133. The van der Waals surface area contributed by atoms with Crippen molar-refractivity contribution >= 4 is 33.1 Å². The predicted molar refractivity (Wildman–Crippen MR) is 104 cm³/mol. The van der Waals surface area contributed by atoms with Crippen molar-refractivity contribution in [2.24, 2.45) is 5.92 Å². The Morgan fingerprint density at radius 3 is 2.50 bits per heavy atom. The maximum atomic E-state index is 12.5. The average molecular weight is 424 g/mol. The molecule has 0 aliphatic carbocycles. The minimum atomic E-state index is -3.51. The zero-order chi connectivity index (χ0) is 20.1. The first-order chi connectivity index (χ1) is 13.4. The van der Waals surface area contributed by atoms with Crippen LogP contribution in [0.3, 0.4) is 0 Å². The maximum absolute atomic E-state index is 12.5. The summed E-state index contributed by atoms with van der Waals surface area (Å²) in [7, 11) is -2.04. The molecule has 0 unspecified atom stereocenters. The molecule has 2 aromatic rings. The van der Waals surface area contributed by atoms with Gasteiger partial charge >= 0.3 is 5.97 Å². The molecular formula is C19H21NO6S2. The Kier molecular flexibility index (Phi) is 6.48. The Balaban J connectivity index is 1.52. The van der Waals surface area contributed by atoms with Crippen molar-refractivity contribution in [1.29, 1.82) is 0 Å². The molecule has 0 spiro atoms. The third-order valence-corrected chi connectivity index (χ3v) is 7.90. The van der Waals surface area contributed by atoms with Crippen LogP contribution in [0.25, 0.3) is 0 Å². The number of sulfonamides is 1. The number of hydrogen-bond acceptors (Lipinski definition) is 7. The molecule has 9 heteroatoms. The molecule has 150 valence electrons. The number of ketones is 1. The Bertz CT molecular complexity index is 931. The van der Waals surface area contributed by atoms with Gasteiger partial charge in [0, 0.05) is 13.1 Å². The molecule has 0 amide bonds. The highest BCUT2D eigenvalue weighted by Gasteiger charge is 2.33. The summed E-state index contributed by atoms with van der Waals surface area (Å²) in [6, 6.07) is 10.0. The largest absolute Gasteiger partial charge is 0.496 e. The molecule has 1 aliphatic heterocycles. The highest BCUT2D eigenvalue weighted by molar-refractivity contribution is 7.91. The zero-order valence-corrected chi connectivity index (χ0v) is 17.0. The van der Waals surface area contributed by atoms with Crippen molar-refractivity contribution in [3.63, 3.8) is 0 Å². The van der Waals surface area contributed by atoms with Gasteiger partial charge in [0.2, 0.25) is 5.78 Å². The van der Waals surface area contributed by atoms with E-state index in [2.05, 4.69) is 0 Å². The number of Topliss-reactive ketones (excluding diaryl/α,β-unsaturated/α-hetero) is 1. The molecule has 1 aromatic carbocycles. The minimum Gasteiger partial charge on any atom is -0.496 e. The van der Waals surface area contributed by atoms with Crippen molar-refractivity contribution in [3.8, 4) is 5.75 Å². The monoisotopic (exact) mass is 423 g/mol. The van der Waals surface area contributed by atoms with E-state index in [9.17, 15) is 18.0 Å². The zero-order valence-electron chi connectivity index (χ0n) is 15.4. The molecule has 2 heterocycles. The van der Waals surface area contributed by atoms with E-state index >= 15 is 0 Å². The lowest BCUT2D eigenvalue weighted by Crippen LogP contribution is -2.40. The quantitative estimate of drug-likeness (QED) is 0.502. The van der Waals surface area contributed by atoms with E-state index in [-0.39, 0.29) is 25.5 Å². The highest BCUT2D eigenvalue weighted by Crippen LogP contribution is 2.27. The molecule has 3 rings (SSSR count). The fraction of sp³-hybridized carbons (Fsp3) is 0.368. The number of nitrogens with zero attached hydrogens (tertiary/aromatic N) is 1. The number of hydrogen-bond donors (Lipinski definition) is 0. The van der Waals surface area contributed by atoms with Crippen LogP contribution in [0.2, 0.25) is 0 Å². The number of para-hydroxylation sites is 1. The van der Waals surface area contributed by atoms with E-state index in [1.165, 1.54) is 22.8 Å². The second-order valence-electron chi connectivity index (χ2n) is 6.34. The van der Waals surface area contributed by atoms with Crippen molar-refractivity contribution in [2.45, 2.75) is 17.1 Å².